The number of fused-ring (bicyclic) bond motifs is 1. The van der Waals surface area contributed by atoms with Crippen molar-refractivity contribution in [2.45, 2.75) is 38.3 Å². The highest BCUT2D eigenvalue weighted by Crippen LogP contribution is 2.48. The first kappa shape index (κ1) is 32.9. The number of hydrogen-bond donors (Lipinski definition) is 3. The van der Waals surface area contributed by atoms with Crippen molar-refractivity contribution in [3.63, 3.8) is 0 Å². The van der Waals surface area contributed by atoms with E-state index in [0.717, 1.165) is 12.3 Å². The van der Waals surface area contributed by atoms with Gasteiger partial charge in [0.2, 0.25) is 5.91 Å². The Balaban J connectivity index is 1.60. The molecule has 2 heterocycles. The van der Waals surface area contributed by atoms with Crippen LogP contribution in [0.2, 0.25) is 5.02 Å². The molecule has 1 fully saturated rings. The number of ether oxygens (including phenoxy) is 2. The molecule has 1 aliphatic carbocycles. The predicted molar refractivity (Wildman–Crippen MR) is 155 cm³/mol. The van der Waals surface area contributed by atoms with Crippen LogP contribution in [-0.2, 0) is 16.8 Å². The van der Waals surface area contributed by atoms with Gasteiger partial charge in [0.05, 0.1) is 31.7 Å². The van der Waals surface area contributed by atoms with Crippen molar-refractivity contribution in [2.24, 2.45) is 11.7 Å². The molecule has 1 atom stereocenters. The lowest BCUT2D eigenvalue weighted by Gasteiger charge is -2.30. The van der Waals surface area contributed by atoms with Crippen molar-refractivity contribution in [3.05, 3.63) is 69.8 Å². The summed E-state index contributed by atoms with van der Waals surface area (Å²) < 4.78 is 83.2. The van der Waals surface area contributed by atoms with Gasteiger partial charge in [-0.3, -0.25) is 9.59 Å². The minimum Gasteiger partial charge on any atom is -0.494 e. The fourth-order valence-corrected chi connectivity index (χ4v) is 5.37. The minimum absolute atomic E-state index is 0.0273. The number of nitrogens with zero attached hydrogens (tertiary/aromatic N) is 3. The average Bonchev–Trinajstić information content (AvgIpc) is 3.78. The largest absolute Gasteiger partial charge is 0.494 e. The molecule has 0 radical (unpaired) electrons. The topological polar surface area (TPSA) is 142 Å². The first-order valence-electron chi connectivity index (χ1n) is 13.9. The van der Waals surface area contributed by atoms with E-state index in [9.17, 15) is 27.9 Å². The van der Waals surface area contributed by atoms with E-state index in [0.29, 0.717) is 23.6 Å². The van der Waals surface area contributed by atoms with Gasteiger partial charge in [-0.1, -0.05) is 11.6 Å². The summed E-state index contributed by atoms with van der Waals surface area (Å²) in [6.45, 7) is -2.10. The number of amides is 2. The van der Waals surface area contributed by atoms with E-state index in [-0.39, 0.29) is 40.3 Å². The molecule has 2 amide bonds. The quantitative estimate of drug-likeness (QED) is 0.142. The van der Waals surface area contributed by atoms with Crippen molar-refractivity contribution in [1.29, 1.82) is 0 Å². The maximum atomic E-state index is 16.3. The number of carbonyl (C=O) groups excluding carboxylic acids is 2. The van der Waals surface area contributed by atoms with Gasteiger partial charge in [0.15, 0.2) is 11.6 Å². The van der Waals surface area contributed by atoms with Crippen LogP contribution in [-0.4, -0.2) is 51.9 Å². The predicted octanol–water partition coefficient (Wildman–Crippen LogP) is 5.03. The Hall–Kier alpha value is -4.50. The van der Waals surface area contributed by atoms with Crippen LogP contribution in [0, 0.1) is 23.4 Å². The molecule has 10 nitrogen and oxygen atoms in total. The normalized spacial score (nSPS) is 14.4. The lowest BCUT2D eigenvalue weighted by Crippen LogP contribution is -2.44. The second kappa shape index (κ2) is 12.7. The van der Waals surface area contributed by atoms with Crippen LogP contribution in [0.25, 0.3) is 22.2 Å². The summed E-state index contributed by atoms with van der Waals surface area (Å²) in [6, 6.07) is 3.95. The van der Waals surface area contributed by atoms with E-state index in [1.54, 1.807) is 6.92 Å². The van der Waals surface area contributed by atoms with E-state index in [1.807, 2.05) is 0 Å². The lowest BCUT2D eigenvalue weighted by molar-refractivity contribution is -0.117. The maximum absolute atomic E-state index is 16.3. The average molecular weight is 668 g/mol. The molecule has 0 aliphatic heterocycles. The Morgan fingerprint density at radius 1 is 1.20 bits per heavy atom. The Bertz CT molecular complexity index is 1850. The lowest BCUT2D eigenvalue weighted by atomic mass is 9.89. The fraction of sp³-hybridized carbons (Fsp3) is 0.333. The molecule has 2 aromatic heterocycles. The van der Waals surface area contributed by atoms with Crippen LogP contribution in [0.15, 0.2) is 30.5 Å². The monoisotopic (exact) mass is 667 g/mol. The molecule has 0 bridgehead atoms. The summed E-state index contributed by atoms with van der Waals surface area (Å²) in [5.41, 5.74) is 1.35. The number of halogens is 6. The summed E-state index contributed by atoms with van der Waals surface area (Å²) in [4.78, 5) is 29.6. The molecular formula is C30H27ClF5N5O5. The van der Waals surface area contributed by atoms with Crippen molar-refractivity contribution < 1.29 is 46.1 Å². The highest BCUT2D eigenvalue weighted by atomic mass is 35.5. The molecule has 1 aliphatic rings. The van der Waals surface area contributed by atoms with Crippen LogP contribution < -0.4 is 20.5 Å². The summed E-state index contributed by atoms with van der Waals surface area (Å²) in [5.74, 6) is -6.13. The van der Waals surface area contributed by atoms with Gasteiger partial charge in [-0.2, -0.15) is 13.9 Å². The number of nitrogens with one attached hydrogen (secondary N) is 1. The van der Waals surface area contributed by atoms with E-state index in [4.69, 9.17) is 26.8 Å². The summed E-state index contributed by atoms with van der Waals surface area (Å²) in [5, 5.41) is 18.0. The van der Waals surface area contributed by atoms with Crippen LogP contribution in [0.5, 0.6) is 11.5 Å². The zero-order chi connectivity index (χ0) is 33.5. The number of aromatic nitrogens is 3. The molecule has 46 heavy (non-hydrogen) atoms. The number of pyridine rings is 1. The summed E-state index contributed by atoms with van der Waals surface area (Å²) in [7, 11) is 1.27. The van der Waals surface area contributed by atoms with E-state index >= 15 is 8.78 Å². The summed E-state index contributed by atoms with van der Waals surface area (Å²) >= 11 is 5.92. The van der Waals surface area contributed by atoms with Crippen LogP contribution in [0.3, 0.4) is 0 Å². The molecule has 0 spiro atoms. The van der Waals surface area contributed by atoms with Gasteiger partial charge in [-0.25, -0.2) is 22.8 Å². The standard InChI is InChI=1S/C30H27ClF5N5O5/c1-3-46-26-17(9-22(37)42)23(34)27(39-25(26)16-8-18(31)20(33)10-19(16)32)30(44,15-4-5-15)12-38-28(43)13-6-14-11-41(29(35)36)40-24(14)21(7-13)45-2/h6-8,10-11,15,29,44H,3-5,9,12H2,1-2H3,(H2,37,42)(H,38,43)/t30-/m1/s1. The van der Waals surface area contributed by atoms with E-state index in [1.165, 1.54) is 19.2 Å². The minimum atomic E-state index is -2.94. The smallest absolute Gasteiger partial charge is 0.333 e. The zero-order valence-electron chi connectivity index (χ0n) is 24.3. The molecule has 16 heteroatoms. The van der Waals surface area contributed by atoms with Crippen molar-refractivity contribution in [3.8, 4) is 22.8 Å². The molecule has 1 saturated carbocycles. The Morgan fingerprint density at radius 3 is 2.52 bits per heavy atom. The Kier molecular flexibility index (Phi) is 9.09. The molecule has 5 rings (SSSR count). The van der Waals surface area contributed by atoms with Crippen LogP contribution in [0.4, 0.5) is 22.0 Å². The van der Waals surface area contributed by atoms with Gasteiger partial charge in [-0.05, 0) is 43.9 Å². The SMILES string of the molecule is CCOc1c(-c2cc(Cl)c(F)cc2F)nc([C@@](O)(CNC(=O)c2cc(OC)c3nn(C(F)F)cc3c2)C2CC2)c(F)c1CC(N)=O. The molecule has 0 unspecified atom stereocenters. The molecule has 2 aromatic carbocycles. The molecule has 0 saturated heterocycles. The molecular weight excluding hydrogens is 641 g/mol. The van der Waals surface area contributed by atoms with Crippen LogP contribution in [0.1, 0.15) is 47.9 Å². The number of rotatable bonds is 12. The van der Waals surface area contributed by atoms with E-state index < -0.39 is 82.1 Å². The highest BCUT2D eigenvalue weighted by molar-refractivity contribution is 6.31. The zero-order valence-corrected chi connectivity index (χ0v) is 25.1. The molecule has 4 aromatic rings. The number of methoxy groups -OCH3 is 1. The highest BCUT2D eigenvalue weighted by Gasteiger charge is 2.49. The second-order valence-electron chi connectivity index (χ2n) is 10.6. The number of benzene rings is 2. The first-order valence-corrected chi connectivity index (χ1v) is 14.3. The van der Waals surface area contributed by atoms with Crippen molar-refractivity contribution >= 4 is 34.3 Å². The van der Waals surface area contributed by atoms with Gasteiger partial charge in [-0.15, -0.1) is 0 Å². The number of nitrogens with two attached hydrogens (primary N) is 1. The van der Waals surface area contributed by atoms with Gasteiger partial charge in [0.25, 0.3) is 5.91 Å². The third kappa shape index (κ3) is 6.16. The van der Waals surface area contributed by atoms with Gasteiger partial charge < -0.3 is 25.6 Å². The fourth-order valence-electron chi connectivity index (χ4n) is 5.21. The number of carbonyl (C=O) groups is 2. The number of aliphatic hydroxyl groups is 1. The van der Waals surface area contributed by atoms with Gasteiger partial charge in [0.1, 0.15) is 39.9 Å². The first-order chi connectivity index (χ1) is 21.8. The van der Waals surface area contributed by atoms with E-state index in [2.05, 4.69) is 15.4 Å². The third-order valence-corrected chi connectivity index (χ3v) is 7.83. The van der Waals surface area contributed by atoms with Gasteiger partial charge >= 0.3 is 6.55 Å². The van der Waals surface area contributed by atoms with Crippen LogP contribution >= 0.6 is 11.6 Å². The van der Waals surface area contributed by atoms with Crippen molar-refractivity contribution in [1.82, 2.24) is 20.1 Å². The molecule has 244 valence electrons. The van der Waals surface area contributed by atoms with Gasteiger partial charge in [0, 0.05) is 34.3 Å². The van der Waals surface area contributed by atoms with Crippen molar-refractivity contribution in [2.75, 3.05) is 20.3 Å². The Labute approximate surface area is 263 Å². The summed E-state index contributed by atoms with van der Waals surface area (Å²) in [6.07, 6.45) is 1.08. The molecule has 4 N–H and O–H groups in total. The third-order valence-electron chi connectivity index (χ3n) is 7.54. The second-order valence-corrected chi connectivity index (χ2v) is 11.0. The number of alkyl halides is 2. The maximum Gasteiger partial charge on any atom is 0.333 e. The number of primary amides is 1. The number of hydrogen-bond acceptors (Lipinski definition) is 7. The Morgan fingerprint density at radius 2 is 1.91 bits per heavy atom.